The second-order valence-corrected chi connectivity index (χ2v) is 7.70. The molecule has 1 atom stereocenters. The number of amides is 2. The van der Waals surface area contributed by atoms with Crippen LogP contribution in [0.5, 0.6) is 0 Å². The lowest BCUT2D eigenvalue weighted by molar-refractivity contribution is 0.249. The number of carbonyl (C=O) groups excluding carboxylic acids is 1. The molecule has 5 nitrogen and oxygen atoms in total. The fourth-order valence-corrected chi connectivity index (χ4v) is 2.96. The van der Waals surface area contributed by atoms with E-state index in [0.717, 1.165) is 16.5 Å². The van der Waals surface area contributed by atoms with Gasteiger partial charge in [-0.25, -0.2) is 13.2 Å². The molecule has 2 rings (SSSR count). The molecule has 22 heavy (non-hydrogen) atoms. The SMILES string of the molecule is C[C@H](CCS(C)(=O)=O)NC(=O)Nc1cccc2ccccc12. The van der Waals surface area contributed by atoms with E-state index in [2.05, 4.69) is 10.6 Å². The summed E-state index contributed by atoms with van der Waals surface area (Å²) >= 11 is 0. The summed E-state index contributed by atoms with van der Waals surface area (Å²) in [4.78, 5) is 12.0. The molecule has 0 fully saturated rings. The Kier molecular flexibility index (Phi) is 5.03. The standard InChI is InChI=1S/C16H20N2O3S/c1-12(10-11-22(2,20)21)17-16(19)18-15-9-5-7-13-6-3-4-8-14(13)15/h3-9,12H,10-11H2,1-2H3,(H2,17,18,19)/t12-/m1/s1. The van der Waals surface area contributed by atoms with Gasteiger partial charge in [0, 0.05) is 17.7 Å². The first-order valence-electron chi connectivity index (χ1n) is 7.08. The van der Waals surface area contributed by atoms with Gasteiger partial charge < -0.3 is 10.6 Å². The van der Waals surface area contributed by atoms with Gasteiger partial charge in [-0.3, -0.25) is 0 Å². The van der Waals surface area contributed by atoms with Gasteiger partial charge in [0.1, 0.15) is 9.84 Å². The van der Waals surface area contributed by atoms with Crippen molar-refractivity contribution >= 4 is 32.3 Å². The largest absolute Gasteiger partial charge is 0.335 e. The van der Waals surface area contributed by atoms with Crippen LogP contribution in [-0.4, -0.2) is 32.5 Å². The molecule has 0 radical (unpaired) electrons. The zero-order chi connectivity index (χ0) is 16.2. The van der Waals surface area contributed by atoms with Crippen molar-refractivity contribution in [2.24, 2.45) is 0 Å². The Balaban J connectivity index is 1.99. The summed E-state index contributed by atoms with van der Waals surface area (Å²) < 4.78 is 22.3. The number of benzene rings is 2. The van der Waals surface area contributed by atoms with Crippen molar-refractivity contribution in [1.29, 1.82) is 0 Å². The first-order chi connectivity index (χ1) is 10.3. The van der Waals surface area contributed by atoms with Gasteiger partial charge in [-0.1, -0.05) is 36.4 Å². The van der Waals surface area contributed by atoms with Crippen molar-refractivity contribution < 1.29 is 13.2 Å². The van der Waals surface area contributed by atoms with Gasteiger partial charge in [0.15, 0.2) is 0 Å². The minimum absolute atomic E-state index is 0.0582. The van der Waals surface area contributed by atoms with E-state index >= 15 is 0 Å². The van der Waals surface area contributed by atoms with Crippen LogP contribution in [0.3, 0.4) is 0 Å². The minimum Gasteiger partial charge on any atom is -0.335 e. The number of carbonyl (C=O) groups is 1. The summed E-state index contributed by atoms with van der Waals surface area (Å²) in [5.41, 5.74) is 0.728. The molecule has 2 amide bonds. The Labute approximate surface area is 130 Å². The summed E-state index contributed by atoms with van der Waals surface area (Å²) in [6, 6.07) is 12.9. The van der Waals surface area contributed by atoms with Crippen LogP contribution in [0, 0.1) is 0 Å². The number of hydrogen-bond donors (Lipinski definition) is 2. The zero-order valence-electron chi connectivity index (χ0n) is 12.7. The van der Waals surface area contributed by atoms with Crippen molar-refractivity contribution in [2.45, 2.75) is 19.4 Å². The second kappa shape index (κ2) is 6.79. The van der Waals surface area contributed by atoms with Crippen molar-refractivity contribution in [3.63, 3.8) is 0 Å². The van der Waals surface area contributed by atoms with Crippen LogP contribution in [0.15, 0.2) is 42.5 Å². The third-order valence-corrected chi connectivity index (χ3v) is 4.31. The van der Waals surface area contributed by atoms with Gasteiger partial charge >= 0.3 is 6.03 Å². The monoisotopic (exact) mass is 320 g/mol. The van der Waals surface area contributed by atoms with Crippen LogP contribution in [0.2, 0.25) is 0 Å². The van der Waals surface area contributed by atoms with E-state index in [9.17, 15) is 13.2 Å². The number of sulfone groups is 1. The summed E-state index contributed by atoms with van der Waals surface area (Å²) in [6.45, 7) is 1.79. The molecule has 0 aliphatic heterocycles. The van der Waals surface area contributed by atoms with Crippen LogP contribution in [-0.2, 0) is 9.84 Å². The van der Waals surface area contributed by atoms with Crippen molar-refractivity contribution in [3.8, 4) is 0 Å². The first-order valence-corrected chi connectivity index (χ1v) is 9.14. The normalized spacial score (nSPS) is 12.8. The molecule has 0 spiro atoms. The molecule has 118 valence electrons. The average Bonchev–Trinajstić information content (AvgIpc) is 2.45. The highest BCUT2D eigenvalue weighted by atomic mass is 32.2. The molecule has 0 aliphatic carbocycles. The van der Waals surface area contributed by atoms with Crippen LogP contribution in [0.25, 0.3) is 10.8 Å². The molecule has 0 aromatic heterocycles. The van der Waals surface area contributed by atoms with E-state index in [-0.39, 0.29) is 17.8 Å². The Morgan fingerprint density at radius 1 is 1.14 bits per heavy atom. The molecular weight excluding hydrogens is 300 g/mol. The van der Waals surface area contributed by atoms with Crippen LogP contribution >= 0.6 is 0 Å². The molecule has 0 heterocycles. The maximum absolute atomic E-state index is 12.0. The lowest BCUT2D eigenvalue weighted by Crippen LogP contribution is -2.37. The molecular formula is C16H20N2O3S. The van der Waals surface area contributed by atoms with Gasteiger partial charge in [-0.05, 0) is 24.8 Å². The van der Waals surface area contributed by atoms with E-state index in [0.29, 0.717) is 6.42 Å². The third-order valence-electron chi connectivity index (χ3n) is 3.34. The molecule has 0 aliphatic rings. The Morgan fingerprint density at radius 2 is 1.82 bits per heavy atom. The quantitative estimate of drug-likeness (QED) is 0.889. The highest BCUT2D eigenvalue weighted by Crippen LogP contribution is 2.22. The number of hydrogen-bond acceptors (Lipinski definition) is 3. The van der Waals surface area contributed by atoms with Gasteiger partial charge in [-0.15, -0.1) is 0 Å². The lowest BCUT2D eigenvalue weighted by atomic mass is 10.1. The second-order valence-electron chi connectivity index (χ2n) is 5.44. The molecule has 0 saturated carbocycles. The van der Waals surface area contributed by atoms with Gasteiger partial charge in [0.05, 0.1) is 11.4 Å². The predicted molar refractivity (Wildman–Crippen MR) is 89.9 cm³/mol. The van der Waals surface area contributed by atoms with Crippen LogP contribution in [0.4, 0.5) is 10.5 Å². The summed E-state index contributed by atoms with van der Waals surface area (Å²) in [5.74, 6) is 0.0582. The molecule has 0 bridgehead atoms. The predicted octanol–water partition coefficient (Wildman–Crippen LogP) is 2.78. The average molecular weight is 320 g/mol. The summed E-state index contributed by atoms with van der Waals surface area (Å²) in [5, 5.41) is 7.57. The summed E-state index contributed by atoms with van der Waals surface area (Å²) in [6.07, 6.45) is 1.58. The van der Waals surface area contributed by atoms with E-state index < -0.39 is 9.84 Å². The highest BCUT2D eigenvalue weighted by Gasteiger charge is 2.11. The Morgan fingerprint density at radius 3 is 2.55 bits per heavy atom. The molecule has 2 N–H and O–H groups in total. The van der Waals surface area contributed by atoms with Crippen molar-refractivity contribution in [2.75, 3.05) is 17.3 Å². The molecule has 0 saturated heterocycles. The van der Waals surface area contributed by atoms with Crippen molar-refractivity contribution in [3.05, 3.63) is 42.5 Å². The van der Waals surface area contributed by atoms with Gasteiger partial charge in [0.25, 0.3) is 0 Å². The van der Waals surface area contributed by atoms with E-state index in [1.165, 1.54) is 6.26 Å². The number of urea groups is 1. The minimum atomic E-state index is -3.01. The smallest absolute Gasteiger partial charge is 0.319 e. The van der Waals surface area contributed by atoms with Crippen LogP contribution < -0.4 is 10.6 Å². The summed E-state index contributed by atoms with van der Waals surface area (Å²) in [7, 11) is -3.01. The molecule has 6 heteroatoms. The first kappa shape index (κ1) is 16.3. The van der Waals surface area contributed by atoms with E-state index in [4.69, 9.17) is 0 Å². The van der Waals surface area contributed by atoms with Crippen molar-refractivity contribution in [1.82, 2.24) is 5.32 Å². The Bertz CT molecular complexity index is 767. The molecule has 2 aromatic carbocycles. The number of nitrogens with one attached hydrogen (secondary N) is 2. The van der Waals surface area contributed by atoms with E-state index in [1.54, 1.807) is 6.92 Å². The number of anilines is 1. The molecule has 0 unspecified atom stereocenters. The van der Waals surface area contributed by atoms with Crippen LogP contribution in [0.1, 0.15) is 13.3 Å². The third kappa shape index (κ3) is 4.73. The topological polar surface area (TPSA) is 75.3 Å². The Hall–Kier alpha value is -2.08. The fourth-order valence-electron chi connectivity index (χ4n) is 2.18. The molecule has 2 aromatic rings. The van der Waals surface area contributed by atoms with Gasteiger partial charge in [-0.2, -0.15) is 0 Å². The van der Waals surface area contributed by atoms with Gasteiger partial charge in [0.2, 0.25) is 0 Å². The maximum atomic E-state index is 12.0. The van der Waals surface area contributed by atoms with E-state index in [1.807, 2.05) is 42.5 Å². The lowest BCUT2D eigenvalue weighted by Gasteiger charge is -2.15. The fraction of sp³-hybridized carbons (Fsp3) is 0.312. The number of fused-ring (bicyclic) bond motifs is 1. The highest BCUT2D eigenvalue weighted by molar-refractivity contribution is 7.90. The number of rotatable bonds is 5. The maximum Gasteiger partial charge on any atom is 0.319 e. The zero-order valence-corrected chi connectivity index (χ0v) is 13.5.